The van der Waals surface area contributed by atoms with Crippen LogP contribution in [0.25, 0.3) is 0 Å². The Labute approximate surface area is 121 Å². The summed E-state index contributed by atoms with van der Waals surface area (Å²) in [5, 5.41) is 0. The third kappa shape index (κ3) is 3.28. The van der Waals surface area contributed by atoms with Crippen LogP contribution in [0.2, 0.25) is 0 Å². The molecule has 2 heteroatoms. The fourth-order valence-corrected chi connectivity index (χ4v) is 3.30. The van der Waals surface area contributed by atoms with Crippen molar-refractivity contribution in [1.29, 1.82) is 0 Å². The fraction of sp³-hybridized carbons (Fsp3) is 0.611. The molecule has 20 heavy (non-hydrogen) atoms. The van der Waals surface area contributed by atoms with Crippen LogP contribution in [0, 0.1) is 30.0 Å². The Hall–Kier alpha value is -1.18. The van der Waals surface area contributed by atoms with E-state index in [1.807, 2.05) is 6.92 Å². The van der Waals surface area contributed by atoms with Crippen molar-refractivity contribution in [2.45, 2.75) is 53.4 Å². The Morgan fingerprint density at radius 3 is 2.30 bits per heavy atom. The maximum atomic E-state index is 13.3. The third-order valence-electron chi connectivity index (χ3n) is 4.79. The van der Waals surface area contributed by atoms with Crippen LogP contribution in [0.5, 0.6) is 0 Å². The molecule has 0 N–H and O–H groups in total. The molecule has 110 valence electrons. The van der Waals surface area contributed by atoms with Gasteiger partial charge in [0.05, 0.1) is 0 Å². The number of carbonyl (C=O) groups excluding carboxylic acids is 1. The molecule has 1 fully saturated rings. The number of carbonyl (C=O) groups is 1. The first kappa shape index (κ1) is 15.2. The molecule has 0 bridgehead atoms. The van der Waals surface area contributed by atoms with Crippen molar-refractivity contribution in [1.82, 2.24) is 0 Å². The van der Waals surface area contributed by atoms with Crippen LogP contribution >= 0.6 is 0 Å². The van der Waals surface area contributed by atoms with Crippen LogP contribution in [0.15, 0.2) is 18.2 Å². The van der Waals surface area contributed by atoms with Gasteiger partial charge in [-0.1, -0.05) is 26.8 Å². The molecule has 0 aliphatic heterocycles. The molecule has 0 unspecified atom stereocenters. The summed E-state index contributed by atoms with van der Waals surface area (Å²) < 4.78 is 13.3. The quantitative estimate of drug-likeness (QED) is 0.681. The summed E-state index contributed by atoms with van der Waals surface area (Å²) in [7, 11) is 0. The van der Waals surface area contributed by atoms with Crippen LogP contribution in [-0.2, 0) is 0 Å². The lowest BCUT2D eigenvalue weighted by molar-refractivity contribution is 0.0818. The molecule has 1 aromatic rings. The second-order valence-corrected chi connectivity index (χ2v) is 7.24. The van der Waals surface area contributed by atoms with Crippen molar-refractivity contribution in [3.8, 4) is 0 Å². The van der Waals surface area contributed by atoms with E-state index < -0.39 is 0 Å². The first-order valence-corrected chi connectivity index (χ1v) is 7.59. The van der Waals surface area contributed by atoms with Crippen LogP contribution < -0.4 is 0 Å². The predicted molar refractivity (Wildman–Crippen MR) is 80.4 cm³/mol. The average Bonchev–Trinajstić information content (AvgIpc) is 2.40. The van der Waals surface area contributed by atoms with E-state index in [1.165, 1.54) is 12.1 Å². The lowest BCUT2D eigenvalue weighted by Crippen LogP contribution is -2.29. The van der Waals surface area contributed by atoms with Gasteiger partial charge in [-0.15, -0.1) is 0 Å². The molecular weight excluding hydrogens is 251 g/mol. The van der Waals surface area contributed by atoms with E-state index in [4.69, 9.17) is 0 Å². The largest absolute Gasteiger partial charge is 0.294 e. The van der Waals surface area contributed by atoms with E-state index in [0.29, 0.717) is 16.9 Å². The van der Waals surface area contributed by atoms with Gasteiger partial charge in [-0.25, -0.2) is 4.39 Å². The molecule has 0 atom stereocenters. The Morgan fingerprint density at radius 1 is 1.15 bits per heavy atom. The summed E-state index contributed by atoms with van der Waals surface area (Å²) >= 11 is 0. The predicted octanol–water partition coefficient (Wildman–Crippen LogP) is 5.17. The van der Waals surface area contributed by atoms with Gasteiger partial charge in [0.25, 0.3) is 0 Å². The highest BCUT2D eigenvalue weighted by molar-refractivity contribution is 5.99. The lowest BCUT2D eigenvalue weighted by Gasteiger charge is -2.36. The Morgan fingerprint density at radius 2 is 1.75 bits per heavy atom. The van der Waals surface area contributed by atoms with Gasteiger partial charge in [-0.2, -0.15) is 0 Å². The van der Waals surface area contributed by atoms with E-state index >= 15 is 0 Å². The number of hydrogen-bond donors (Lipinski definition) is 0. The number of ketones is 1. The van der Waals surface area contributed by atoms with Gasteiger partial charge in [0.15, 0.2) is 5.78 Å². The van der Waals surface area contributed by atoms with Crippen molar-refractivity contribution in [3.05, 3.63) is 35.1 Å². The summed E-state index contributed by atoms with van der Waals surface area (Å²) in [5.74, 6) is 0.589. The van der Waals surface area contributed by atoms with Gasteiger partial charge in [0.1, 0.15) is 5.82 Å². The first-order chi connectivity index (χ1) is 9.29. The van der Waals surface area contributed by atoms with Gasteiger partial charge in [-0.3, -0.25) is 4.79 Å². The molecule has 0 saturated heterocycles. The maximum absolute atomic E-state index is 13.3. The molecule has 2 rings (SSSR count). The molecule has 1 nitrogen and oxygen atoms in total. The molecular formula is C18H25FO. The fourth-order valence-electron chi connectivity index (χ4n) is 3.30. The smallest absolute Gasteiger partial charge is 0.166 e. The molecule has 0 heterocycles. The van der Waals surface area contributed by atoms with Crippen molar-refractivity contribution in [2.75, 3.05) is 0 Å². The number of halogens is 1. The van der Waals surface area contributed by atoms with Gasteiger partial charge < -0.3 is 0 Å². The van der Waals surface area contributed by atoms with Gasteiger partial charge in [0.2, 0.25) is 0 Å². The standard InChI is InChI=1S/C18H25FO/c1-12-5-10-15(19)11-16(12)17(20)13-6-8-14(9-7-13)18(2,3)4/h5,10-11,13-14H,6-9H2,1-4H3. The number of aryl methyl sites for hydroxylation is 1. The number of benzene rings is 1. The summed E-state index contributed by atoms with van der Waals surface area (Å²) in [4.78, 5) is 12.6. The zero-order chi connectivity index (χ0) is 14.9. The summed E-state index contributed by atoms with van der Waals surface area (Å²) in [6.07, 6.45) is 4.09. The minimum absolute atomic E-state index is 0.0779. The van der Waals surface area contributed by atoms with Crippen molar-refractivity contribution in [3.63, 3.8) is 0 Å². The molecule has 0 aromatic heterocycles. The number of rotatable bonds is 2. The molecule has 0 radical (unpaired) electrons. The SMILES string of the molecule is Cc1ccc(F)cc1C(=O)C1CCC(C(C)(C)C)CC1. The lowest BCUT2D eigenvalue weighted by atomic mass is 9.68. The second-order valence-electron chi connectivity index (χ2n) is 7.24. The Balaban J connectivity index is 2.07. The van der Waals surface area contributed by atoms with Crippen LogP contribution in [0.1, 0.15) is 62.4 Å². The highest BCUT2D eigenvalue weighted by atomic mass is 19.1. The second kappa shape index (κ2) is 5.67. The maximum Gasteiger partial charge on any atom is 0.166 e. The summed E-state index contributed by atoms with van der Waals surface area (Å²) in [6, 6.07) is 4.51. The first-order valence-electron chi connectivity index (χ1n) is 7.59. The summed E-state index contributed by atoms with van der Waals surface area (Å²) in [5.41, 5.74) is 1.78. The van der Waals surface area contributed by atoms with Crippen molar-refractivity contribution in [2.24, 2.45) is 17.3 Å². The topological polar surface area (TPSA) is 17.1 Å². The van der Waals surface area contributed by atoms with Crippen LogP contribution in [0.4, 0.5) is 4.39 Å². The minimum atomic E-state index is -0.317. The minimum Gasteiger partial charge on any atom is -0.294 e. The normalized spacial score (nSPS) is 23.6. The van der Waals surface area contributed by atoms with Gasteiger partial charge in [-0.05, 0) is 61.6 Å². The molecule has 0 amide bonds. The molecule has 1 saturated carbocycles. The Kier molecular flexibility index (Phi) is 4.31. The van der Waals surface area contributed by atoms with Gasteiger partial charge in [0, 0.05) is 11.5 Å². The zero-order valence-electron chi connectivity index (χ0n) is 13.0. The van der Waals surface area contributed by atoms with E-state index in [0.717, 1.165) is 31.2 Å². The molecule has 1 aromatic carbocycles. The highest BCUT2D eigenvalue weighted by Crippen LogP contribution is 2.40. The van der Waals surface area contributed by atoms with E-state index in [9.17, 15) is 9.18 Å². The molecule has 1 aliphatic carbocycles. The van der Waals surface area contributed by atoms with Crippen molar-refractivity contribution >= 4 is 5.78 Å². The van der Waals surface area contributed by atoms with E-state index in [-0.39, 0.29) is 17.5 Å². The van der Waals surface area contributed by atoms with Crippen LogP contribution in [0.3, 0.4) is 0 Å². The monoisotopic (exact) mass is 276 g/mol. The van der Waals surface area contributed by atoms with E-state index in [2.05, 4.69) is 20.8 Å². The number of Topliss-reactive ketones (excluding diaryl/α,β-unsaturated/α-hetero) is 1. The molecule has 1 aliphatic rings. The van der Waals surface area contributed by atoms with Crippen LogP contribution in [-0.4, -0.2) is 5.78 Å². The third-order valence-corrected chi connectivity index (χ3v) is 4.79. The zero-order valence-corrected chi connectivity index (χ0v) is 13.0. The van der Waals surface area contributed by atoms with E-state index in [1.54, 1.807) is 6.07 Å². The molecule has 0 spiro atoms. The summed E-state index contributed by atoms with van der Waals surface area (Å²) in [6.45, 7) is 8.71. The Bertz CT molecular complexity index is 491. The van der Waals surface area contributed by atoms with Gasteiger partial charge >= 0.3 is 0 Å². The average molecular weight is 276 g/mol. The van der Waals surface area contributed by atoms with Crippen molar-refractivity contribution < 1.29 is 9.18 Å². The number of hydrogen-bond acceptors (Lipinski definition) is 1. The highest BCUT2D eigenvalue weighted by Gasteiger charge is 2.32.